The Bertz CT molecular complexity index is 515. The van der Waals surface area contributed by atoms with E-state index < -0.39 is 12.0 Å². The molecule has 102 valence electrons. The quantitative estimate of drug-likeness (QED) is 0.877. The van der Waals surface area contributed by atoms with E-state index in [2.05, 4.69) is 5.32 Å². The van der Waals surface area contributed by atoms with Gasteiger partial charge in [0.15, 0.2) is 0 Å². The van der Waals surface area contributed by atoms with Crippen LogP contribution in [0, 0.1) is 12.7 Å². The lowest BCUT2D eigenvalue weighted by atomic mass is 10.2. The van der Waals surface area contributed by atoms with Gasteiger partial charge < -0.3 is 15.3 Å². The van der Waals surface area contributed by atoms with E-state index in [0.717, 1.165) is 12.8 Å². The third kappa shape index (κ3) is 3.43. The van der Waals surface area contributed by atoms with E-state index in [1.165, 1.54) is 23.1 Å². The number of aliphatic carboxylic acids is 1. The van der Waals surface area contributed by atoms with Gasteiger partial charge in [0.05, 0.1) is 0 Å². The zero-order valence-corrected chi connectivity index (χ0v) is 10.5. The highest BCUT2D eigenvalue weighted by Gasteiger charge is 2.33. The van der Waals surface area contributed by atoms with Gasteiger partial charge in [-0.2, -0.15) is 0 Å². The maximum Gasteiger partial charge on any atom is 0.323 e. The molecule has 5 nitrogen and oxygen atoms in total. The van der Waals surface area contributed by atoms with Crippen LogP contribution in [0.3, 0.4) is 0 Å². The van der Waals surface area contributed by atoms with E-state index in [4.69, 9.17) is 5.11 Å². The average Bonchev–Trinajstić information content (AvgIpc) is 3.14. The summed E-state index contributed by atoms with van der Waals surface area (Å²) in [7, 11) is 0. The normalized spacial score (nSPS) is 14.0. The van der Waals surface area contributed by atoms with Crippen molar-refractivity contribution in [3.8, 4) is 0 Å². The van der Waals surface area contributed by atoms with Gasteiger partial charge in [-0.05, 0) is 43.5 Å². The number of amides is 2. The molecule has 1 aromatic carbocycles. The maximum atomic E-state index is 13.1. The van der Waals surface area contributed by atoms with Crippen molar-refractivity contribution in [1.82, 2.24) is 4.90 Å². The first-order valence-corrected chi connectivity index (χ1v) is 6.03. The fourth-order valence-electron chi connectivity index (χ4n) is 1.82. The molecule has 0 radical (unpaired) electrons. The Hall–Kier alpha value is -2.11. The molecular weight excluding hydrogens is 251 g/mol. The minimum Gasteiger partial charge on any atom is -0.480 e. The van der Waals surface area contributed by atoms with Crippen LogP contribution in [0.25, 0.3) is 0 Å². The molecule has 1 saturated carbocycles. The first-order valence-electron chi connectivity index (χ1n) is 6.03. The molecule has 0 bridgehead atoms. The van der Waals surface area contributed by atoms with Gasteiger partial charge in [0, 0.05) is 11.7 Å². The predicted octanol–water partition coefficient (Wildman–Crippen LogP) is 2.22. The molecule has 6 heteroatoms. The number of aryl methyl sites for hydroxylation is 1. The Balaban J connectivity index is 2.05. The molecule has 0 saturated heterocycles. The first-order chi connectivity index (χ1) is 8.97. The van der Waals surface area contributed by atoms with Crippen LogP contribution in [-0.4, -0.2) is 34.6 Å². The number of hydrogen-bond donors (Lipinski definition) is 2. The summed E-state index contributed by atoms with van der Waals surface area (Å²) in [6.45, 7) is 1.28. The number of carbonyl (C=O) groups is 2. The highest BCUT2D eigenvalue weighted by molar-refractivity contribution is 5.91. The average molecular weight is 266 g/mol. The lowest BCUT2D eigenvalue weighted by Gasteiger charge is -2.20. The number of carbonyl (C=O) groups excluding carboxylic acids is 1. The molecule has 2 N–H and O–H groups in total. The number of carboxylic acid groups (broad SMARTS) is 1. The van der Waals surface area contributed by atoms with Crippen molar-refractivity contribution in [3.63, 3.8) is 0 Å². The zero-order valence-electron chi connectivity index (χ0n) is 10.5. The number of benzene rings is 1. The fraction of sp³-hybridized carbons (Fsp3) is 0.385. The van der Waals surface area contributed by atoms with E-state index >= 15 is 0 Å². The van der Waals surface area contributed by atoms with E-state index in [0.29, 0.717) is 11.3 Å². The largest absolute Gasteiger partial charge is 0.480 e. The Morgan fingerprint density at radius 3 is 2.68 bits per heavy atom. The van der Waals surface area contributed by atoms with Crippen LogP contribution in [0.2, 0.25) is 0 Å². The molecule has 1 fully saturated rings. The van der Waals surface area contributed by atoms with Crippen molar-refractivity contribution in [2.24, 2.45) is 0 Å². The smallest absolute Gasteiger partial charge is 0.323 e. The van der Waals surface area contributed by atoms with Crippen LogP contribution >= 0.6 is 0 Å². The maximum absolute atomic E-state index is 13.1. The van der Waals surface area contributed by atoms with Crippen LogP contribution in [0.4, 0.5) is 14.9 Å². The Morgan fingerprint density at radius 1 is 1.47 bits per heavy atom. The highest BCUT2D eigenvalue weighted by atomic mass is 19.1. The van der Waals surface area contributed by atoms with Crippen molar-refractivity contribution in [2.75, 3.05) is 11.9 Å². The van der Waals surface area contributed by atoms with Gasteiger partial charge in [-0.1, -0.05) is 0 Å². The first kappa shape index (κ1) is 13.3. The molecule has 2 rings (SSSR count). The number of halogens is 1. The third-order valence-corrected chi connectivity index (χ3v) is 2.96. The van der Waals surface area contributed by atoms with Gasteiger partial charge in [0.2, 0.25) is 0 Å². The van der Waals surface area contributed by atoms with Gasteiger partial charge in [-0.15, -0.1) is 0 Å². The van der Waals surface area contributed by atoms with Crippen molar-refractivity contribution in [2.45, 2.75) is 25.8 Å². The molecule has 0 atom stereocenters. The summed E-state index contributed by atoms with van der Waals surface area (Å²) in [5.74, 6) is -1.39. The topological polar surface area (TPSA) is 69.6 Å². The van der Waals surface area contributed by atoms with Gasteiger partial charge >= 0.3 is 12.0 Å². The molecule has 0 unspecified atom stereocenters. The molecule has 0 aromatic heterocycles. The van der Waals surface area contributed by atoms with Crippen molar-refractivity contribution >= 4 is 17.7 Å². The van der Waals surface area contributed by atoms with Gasteiger partial charge in [0.1, 0.15) is 12.4 Å². The predicted molar refractivity (Wildman–Crippen MR) is 67.5 cm³/mol. The van der Waals surface area contributed by atoms with E-state index in [1.807, 2.05) is 0 Å². The van der Waals surface area contributed by atoms with Crippen molar-refractivity contribution in [1.29, 1.82) is 0 Å². The van der Waals surface area contributed by atoms with E-state index in [-0.39, 0.29) is 18.4 Å². The highest BCUT2D eigenvalue weighted by Crippen LogP contribution is 2.27. The number of carboxylic acids is 1. The number of hydrogen-bond acceptors (Lipinski definition) is 2. The number of nitrogens with one attached hydrogen (secondary N) is 1. The van der Waals surface area contributed by atoms with Crippen molar-refractivity contribution < 1.29 is 19.1 Å². The molecule has 2 amide bonds. The number of anilines is 1. The van der Waals surface area contributed by atoms with Gasteiger partial charge in [-0.3, -0.25) is 4.79 Å². The zero-order chi connectivity index (χ0) is 14.0. The number of nitrogens with zero attached hydrogens (tertiary/aromatic N) is 1. The van der Waals surface area contributed by atoms with Crippen LogP contribution < -0.4 is 5.32 Å². The minimum atomic E-state index is -1.04. The van der Waals surface area contributed by atoms with Gasteiger partial charge in [-0.25, -0.2) is 9.18 Å². The van der Waals surface area contributed by atoms with Gasteiger partial charge in [0.25, 0.3) is 0 Å². The summed E-state index contributed by atoms with van der Waals surface area (Å²) in [4.78, 5) is 24.0. The molecule has 1 aromatic rings. The van der Waals surface area contributed by atoms with Crippen LogP contribution in [0.1, 0.15) is 18.4 Å². The summed E-state index contributed by atoms with van der Waals surface area (Å²) >= 11 is 0. The van der Waals surface area contributed by atoms with E-state index in [9.17, 15) is 14.0 Å². The summed E-state index contributed by atoms with van der Waals surface area (Å²) in [5, 5.41) is 11.4. The second-order valence-electron chi connectivity index (χ2n) is 4.65. The molecule has 19 heavy (non-hydrogen) atoms. The monoisotopic (exact) mass is 266 g/mol. The molecule has 1 aliphatic rings. The summed E-state index contributed by atoms with van der Waals surface area (Å²) < 4.78 is 13.1. The lowest BCUT2D eigenvalue weighted by molar-refractivity contribution is -0.137. The second-order valence-corrected chi connectivity index (χ2v) is 4.65. The summed E-state index contributed by atoms with van der Waals surface area (Å²) in [6, 6.07) is 3.77. The van der Waals surface area contributed by atoms with Crippen LogP contribution in [0.5, 0.6) is 0 Å². The number of urea groups is 1. The number of rotatable bonds is 4. The fourth-order valence-corrected chi connectivity index (χ4v) is 1.82. The second kappa shape index (κ2) is 5.26. The van der Waals surface area contributed by atoms with Crippen molar-refractivity contribution in [3.05, 3.63) is 29.6 Å². The Labute approximate surface area is 110 Å². The minimum absolute atomic E-state index is 0.00218. The van der Waals surface area contributed by atoms with Crippen LogP contribution in [-0.2, 0) is 4.79 Å². The SMILES string of the molecule is Cc1cc(NC(=O)N(CC(=O)O)C2CC2)ccc1F. The lowest BCUT2D eigenvalue weighted by Crippen LogP contribution is -2.40. The standard InChI is InChI=1S/C13H15FN2O3/c1-8-6-9(2-5-11(8)14)15-13(19)16(7-12(17)18)10-3-4-10/h2,5-6,10H,3-4,7H2,1H3,(H,15,19)(H,17,18). The Morgan fingerprint density at radius 2 is 2.16 bits per heavy atom. The Kier molecular flexibility index (Phi) is 3.69. The van der Waals surface area contributed by atoms with Crippen LogP contribution in [0.15, 0.2) is 18.2 Å². The molecule has 0 spiro atoms. The summed E-state index contributed by atoms with van der Waals surface area (Å²) in [6.07, 6.45) is 1.65. The molecule has 0 aliphatic heterocycles. The summed E-state index contributed by atoms with van der Waals surface area (Å²) in [5.41, 5.74) is 0.883. The third-order valence-electron chi connectivity index (χ3n) is 2.96. The van der Waals surface area contributed by atoms with E-state index in [1.54, 1.807) is 6.92 Å². The molecule has 0 heterocycles. The molecular formula is C13H15FN2O3. The molecule has 1 aliphatic carbocycles.